The average Bonchev–Trinajstić information content (AvgIpc) is 2.71. The maximum absolute atomic E-state index is 10.1. The highest BCUT2D eigenvalue weighted by Gasteiger charge is 2.57. The smallest absolute Gasteiger partial charge is 0.212 e. The molecule has 2 fully saturated rings. The van der Waals surface area contributed by atoms with Crippen molar-refractivity contribution in [3.63, 3.8) is 0 Å². The Balaban J connectivity index is 1.96. The number of rotatable bonds is 1. The zero-order chi connectivity index (χ0) is 9.92. The molecule has 5 heteroatoms. The van der Waals surface area contributed by atoms with E-state index in [1.54, 1.807) is 0 Å². The van der Waals surface area contributed by atoms with Crippen LogP contribution >= 0.6 is 0 Å². The van der Waals surface area contributed by atoms with Crippen LogP contribution in [0.3, 0.4) is 0 Å². The SMILES string of the molecule is C[Si](C)(O)C1=C[C@H]2O[C@H]2[C@@H]2OCO[C@H]12. The molecule has 0 aromatic rings. The van der Waals surface area contributed by atoms with Crippen LogP contribution in [0.5, 0.6) is 0 Å². The quantitative estimate of drug-likeness (QED) is 0.499. The lowest BCUT2D eigenvalue weighted by Crippen LogP contribution is -2.44. The molecule has 0 aromatic carbocycles. The van der Waals surface area contributed by atoms with Gasteiger partial charge in [-0.05, 0) is 18.3 Å². The van der Waals surface area contributed by atoms with E-state index in [1.807, 2.05) is 19.2 Å². The number of fused-ring (bicyclic) bond motifs is 3. The molecular weight excluding hydrogens is 200 g/mol. The third-order valence-corrected chi connectivity index (χ3v) is 4.91. The van der Waals surface area contributed by atoms with E-state index in [2.05, 4.69) is 0 Å². The summed E-state index contributed by atoms with van der Waals surface area (Å²) in [5.74, 6) is 0. The Morgan fingerprint density at radius 3 is 2.86 bits per heavy atom. The number of hydrogen-bond donors (Lipinski definition) is 1. The van der Waals surface area contributed by atoms with Crippen LogP contribution in [0.1, 0.15) is 0 Å². The van der Waals surface area contributed by atoms with Crippen LogP contribution in [0.2, 0.25) is 13.1 Å². The molecule has 14 heavy (non-hydrogen) atoms. The summed E-state index contributed by atoms with van der Waals surface area (Å²) in [5, 5.41) is 1.03. The predicted octanol–water partition coefficient (Wildman–Crippen LogP) is 0.172. The van der Waals surface area contributed by atoms with Crippen molar-refractivity contribution in [2.75, 3.05) is 6.79 Å². The first-order chi connectivity index (χ1) is 6.57. The minimum atomic E-state index is -2.28. The maximum Gasteiger partial charge on any atom is 0.212 e. The summed E-state index contributed by atoms with van der Waals surface area (Å²) in [7, 11) is -2.28. The Labute approximate surface area is 83.6 Å². The van der Waals surface area contributed by atoms with Crippen molar-refractivity contribution in [2.24, 2.45) is 0 Å². The van der Waals surface area contributed by atoms with Crippen molar-refractivity contribution < 1.29 is 19.0 Å². The van der Waals surface area contributed by atoms with Gasteiger partial charge in [-0.1, -0.05) is 6.08 Å². The normalized spacial score (nSPS) is 45.5. The summed E-state index contributed by atoms with van der Waals surface area (Å²) in [6, 6.07) is 0. The molecule has 1 aliphatic carbocycles. The molecule has 2 saturated heterocycles. The van der Waals surface area contributed by atoms with Gasteiger partial charge in [0.1, 0.15) is 31.2 Å². The zero-order valence-corrected chi connectivity index (χ0v) is 9.27. The van der Waals surface area contributed by atoms with E-state index in [1.165, 1.54) is 0 Å². The molecule has 0 unspecified atom stereocenters. The fraction of sp³-hybridized carbons (Fsp3) is 0.778. The molecule has 0 aromatic heterocycles. The van der Waals surface area contributed by atoms with E-state index in [9.17, 15) is 4.80 Å². The lowest BCUT2D eigenvalue weighted by Gasteiger charge is -2.28. The van der Waals surface area contributed by atoms with E-state index >= 15 is 0 Å². The van der Waals surface area contributed by atoms with Crippen LogP contribution < -0.4 is 0 Å². The van der Waals surface area contributed by atoms with Crippen molar-refractivity contribution in [3.8, 4) is 0 Å². The Morgan fingerprint density at radius 1 is 1.36 bits per heavy atom. The van der Waals surface area contributed by atoms with Gasteiger partial charge in [0.25, 0.3) is 0 Å². The fourth-order valence-corrected chi connectivity index (χ4v) is 3.78. The van der Waals surface area contributed by atoms with E-state index in [-0.39, 0.29) is 24.4 Å². The molecule has 0 amide bonds. The number of ether oxygens (including phenoxy) is 3. The van der Waals surface area contributed by atoms with E-state index in [0.717, 1.165) is 5.20 Å². The summed E-state index contributed by atoms with van der Waals surface area (Å²) in [6.07, 6.45) is 2.31. The largest absolute Gasteiger partial charge is 0.428 e. The minimum absolute atomic E-state index is 0.0129. The Bertz CT molecular complexity index is 296. The molecule has 0 bridgehead atoms. The van der Waals surface area contributed by atoms with Crippen molar-refractivity contribution >= 4 is 8.32 Å². The molecular formula is C9H14O4Si. The minimum Gasteiger partial charge on any atom is -0.428 e. The summed E-state index contributed by atoms with van der Waals surface area (Å²) >= 11 is 0. The predicted molar refractivity (Wildman–Crippen MR) is 51.1 cm³/mol. The second-order valence-electron chi connectivity index (χ2n) is 4.58. The topological polar surface area (TPSA) is 51.2 Å². The Kier molecular flexibility index (Phi) is 1.73. The van der Waals surface area contributed by atoms with Gasteiger partial charge in [-0.25, -0.2) is 0 Å². The molecule has 0 saturated carbocycles. The highest BCUT2D eigenvalue weighted by molar-refractivity contribution is 6.77. The zero-order valence-electron chi connectivity index (χ0n) is 8.27. The first kappa shape index (κ1) is 9.05. The summed E-state index contributed by atoms with van der Waals surface area (Å²) in [6.45, 7) is 4.13. The lowest BCUT2D eigenvalue weighted by molar-refractivity contribution is 0.0364. The van der Waals surface area contributed by atoms with Crippen molar-refractivity contribution in [1.29, 1.82) is 0 Å². The second-order valence-corrected chi connectivity index (χ2v) is 8.28. The van der Waals surface area contributed by atoms with Gasteiger partial charge >= 0.3 is 0 Å². The average molecular weight is 214 g/mol. The van der Waals surface area contributed by atoms with Crippen LogP contribution in [0.4, 0.5) is 0 Å². The molecule has 0 spiro atoms. The molecule has 4 nitrogen and oxygen atoms in total. The molecule has 4 atom stereocenters. The van der Waals surface area contributed by atoms with Gasteiger partial charge in [0.05, 0.1) is 0 Å². The molecule has 2 aliphatic heterocycles. The van der Waals surface area contributed by atoms with E-state index in [0.29, 0.717) is 6.79 Å². The molecule has 1 N–H and O–H groups in total. The van der Waals surface area contributed by atoms with Crippen LogP contribution in [-0.4, -0.2) is 44.3 Å². The molecule has 0 radical (unpaired) electrons. The second kappa shape index (κ2) is 2.68. The standard InChI is InChI=1S/C9H14O4Si/c1-14(2,10)6-3-5-7(13-5)9-8(6)11-4-12-9/h3,5,7-10H,4H2,1-2H3/t5-,7-,8-,9+/m1/s1. The highest BCUT2D eigenvalue weighted by atomic mass is 28.4. The van der Waals surface area contributed by atoms with Crippen LogP contribution in [0.15, 0.2) is 11.3 Å². The number of epoxide rings is 1. The third kappa shape index (κ3) is 1.20. The Hall–Kier alpha value is -0.203. The van der Waals surface area contributed by atoms with Crippen LogP contribution in [0, 0.1) is 0 Å². The van der Waals surface area contributed by atoms with E-state index < -0.39 is 8.32 Å². The lowest BCUT2D eigenvalue weighted by atomic mass is 10.0. The summed E-state index contributed by atoms with van der Waals surface area (Å²) < 4.78 is 16.4. The molecule has 2 heterocycles. The maximum atomic E-state index is 10.1. The van der Waals surface area contributed by atoms with Gasteiger partial charge in [0.15, 0.2) is 0 Å². The van der Waals surface area contributed by atoms with Crippen LogP contribution in [0.25, 0.3) is 0 Å². The summed E-state index contributed by atoms with van der Waals surface area (Å²) in [5.41, 5.74) is 0. The summed E-state index contributed by atoms with van der Waals surface area (Å²) in [4.78, 5) is 10.1. The van der Waals surface area contributed by atoms with Crippen LogP contribution in [-0.2, 0) is 14.2 Å². The molecule has 3 aliphatic rings. The van der Waals surface area contributed by atoms with Crippen molar-refractivity contribution in [2.45, 2.75) is 37.5 Å². The molecule has 3 rings (SSSR count). The van der Waals surface area contributed by atoms with Gasteiger partial charge < -0.3 is 19.0 Å². The number of hydrogen-bond acceptors (Lipinski definition) is 4. The molecule has 78 valence electrons. The van der Waals surface area contributed by atoms with Gasteiger partial charge in [-0.3, -0.25) is 0 Å². The fourth-order valence-electron chi connectivity index (χ4n) is 2.27. The van der Waals surface area contributed by atoms with Gasteiger partial charge in [0.2, 0.25) is 8.32 Å². The van der Waals surface area contributed by atoms with Crippen molar-refractivity contribution in [1.82, 2.24) is 0 Å². The third-order valence-electron chi connectivity index (χ3n) is 3.05. The first-order valence-corrected chi connectivity index (χ1v) is 7.85. The van der Waals surface area contributed by atoms with Gasteiger partial charge in [-0.15, -0.1) is 0 Å². The van der Waals surface area contributed by atoms with Crippen molar-refractivity contribution in [3.05, 3.63) is 11.3 Å². The highest BCUT2D eigenvalue weighted by Crippen LogP contribution is 2.42. The monoisotopic (exact) mass is 214 g/mol. The van der Waals surface area contributed by atoms with Gasteiger partial charge in [0, 0.05) is 0 Å². The van der Waals surface area contributed by atoms with Gasteiger partial charge in [-0.2, -0.15) is 0 Å². The first-order valence-electron chi connectivity index (χ1n) is 4.90. The van der Waals surface area contributed by atoms with E-state index in [4.69, 9.17) is 14.2 Å². The Morgan fingerprint density at radius 2 is 2.14 bits per heavy atom.